The molecule has 15 heavy (non-hydrogen) atoms. The second-order valence-corrected chi connectivity index (χ2v) is 2.81. The third kappa shape index (κ3) is 1.69. The molecule has 2 rings (SSSR count). The summed E-state index contributed by atoms with van der Waals surface area (Å²) >= 11 is 0. The SMILES string of the molecule is O=C(O)c1ccc(-n2cncn2)c(F)c1. The number of carboxylic acid groups (broad SMARTS) is 1. The molecule has 0 aliphatic carbocycles. The Kier molecular flexibility index (Phi) is 2.17. The van der Waals surface area contributed by atoms with Crippen LogP contribution >= 0.6 is 0 Å². The minimum absolute atomic E-state index is 0.101. The highest BCUT2D eigenvalue weighted by molar-refractivity contribution is 5.87. The van der Waals surface area contributed by atoms with Crippen molar-refractivity contribution in [3.8, 4) is 5.69 Å². The Hall–Kier alpha value is -2.24. The van der Waals surface area contributed by atoms with Gasteiger partial charge in [0.1, 0.15) is 24.2 Å². The Morgan fingerprint density at radius 3 is 2.80 bits per heavy atom. The van der Waals surface area contributed by atoms with E-state index < -0.39 is 11.8 Å². The van der Waals surface area contributed by atoms with E-state index >= 15 is 0 Å². The number of rotatable bonds is 2. The van der Waals surface area contributed by atoms with Gasteiger partial charge in [-0.05, 0) is 18.2 Å². The second kappa shape index (κ2) is 3.49. The first-order chi connectivity index (χ1) is 7.18. The van der Waals surface area contributed by atoms with Gasteiger partial charge in [-0.3, -0.25) is 0 Å². The van der Waals surface area contributed by atoms with Crippen LogP contribution in [-0.4, -0.2) is 25.8 Å². The summed E-state index contributed by atoms with van der Waals surface area (Å²) in [6.45, 7) is 0. The van der Waals surface area contributed by atoms with Gasteiger partial charge in [-0.2, -0.15) is 5.10 Å². The number of aromatic carboxylic acids is 1. The van der Waals surface area contributed by atoms with Gasteiger partial charge >= 0.3 is 5.97 Å². The highest BCUT2D eigenvalue weighted by atomic mass is 19.1. The summed E-state index contributed by atoms with van der Waals surface area (Å²) in [6.07, 6.45) is 2.60. The van der Waals surface area contributed by atoms with Crippen molar-refractivity contribution in [2.45, 2.75) is 0 Å². The van der Waals surface area contributed by atoms with Crippen LogP contribution in [0.5, 0.6) is 0 Å². The molecule has 0 bridgehead atoms. The van der Waals surface area contributed by atoms with Crippen molar-refractivity contribution >= 4 is 5.97 Å². The van der Waals surface area contributed by atoms with Crippen molar-refractivity contribution in [1.29, 1.82) is 0 Å². The first kappa shape index (κ1) is 9.32. The number of aromatic nitrogens is 3. The molecule has 1 heterocycles. The summed E-state index contributed by atoms with van der Waals surface area (Å²) in [5.74, 6) is -1.82. The van der Waals surface area contributed by atoms with Crippen LogP contribution in [-0.2, 0) is 0 Å². The number of halogens is 1. The van der Waals surface area contributed by atoms with E-state index in [0.29, 0.717) is 0 Å². The summed E-state index contributed by atoms with van der Waals surface area (Å²) in [7, 11) is 0. The van der Waals surface area contributed by atoms with E-state index in [0.717, 1.165) is 6.07 Å². The van der Waals surface area contributed by atoms with Crippen molar-refractivity contribution in [3.63, 3.8) is 0 Å². The number of hydrogen-bond acceptors (Lipinski definition) is 3. The third-order valence-electron chi connectivity index (χ3n) is 1.86. The lowest BCUT2D eigenvalue weighted by Gasteiger charge is -2.02. The molecular formula is C9H6FN3O2. The zero-order chi connectivity index (χ0) is 10.8. The lowest BCUT2D eigenvalue weighted by Crippen LogP contribution is -2.02. The minimum Gasteiger partial charge on any atom is -0.478 e. The summed E-state index contributed by atoms with van der Waals surface area (Å²) in [5.41, 5.74) is 0.0638. The fourth-order valence-electron chi connectivity index (χ4n) is 1.16. The van der Waals surface area contributed by atoms with Crippen LogP contribution in [0.4, 0.5) is 4.39 Å². The molecule has 0 saturated heterocycles. The van der Waals surface area contributed by atoms with Gasteiger partial charge in [-0.1, -0.05) is 0 Å². The van der Waals surface area contributed by atoms with E-state index in [-0.39, 0.29) is 11.3 Å². The first-order valence-electron chi connectivity index (χ1n) is 4.06. The van der Waals surface area contributed by atoms with Crippen LogP contribution < -0.4 is 0 Å². The molecule has 1 aromatic heterocycles. The smallest absolute Gasteiger partial charge is 0.335 e. The average Bonchev–Trinajstić information content (AvgIpc) is 2.70. The van der Waals surface area contributed by atoms with Crippen LogP contribution in [0.1, 0.15) is 10.4 Å². The molecule has 0 aliphatic heterocycles. The van der Waals surface area contributed by atoms with Gasteiger partial charge in [0, 0.05) is 0 Å². The Morgan fingerprint density at radius 2 is 2.27 bits per heavy atom. The standard InChI is InChI=1S/C9H6FN3O2/c10-7-3-6(9(14)15)1-2-8(7)13-5-11-4-12-13/h1-5H,(H,14,15). The third-order valence-corrected chi connectivity index (χ3v) is 1.86. The van der Waals surface area contributed by atoms with Crippen LogP contribution in [0.25, 0.3) is 5.69 Å². The highest BCUT2D eigenvalue weighted by Crippen LogP contribution is 2.13. The number of carboxylic acids is 1. The first-order valence-corrected chi connectivity index (χ1v) is 4.06. The fraction of sp³-hybridized carbons (Fsp3) is 0. The van der Waals surface area contributed by atoms with Crippen LogP contribution in [0.15, 0.2) is 30.9 Å². The maximum Gasteiger partial charge on any atom is 0.335 e. The number of hydrogen-bond donors (Lipinski definition) is 1. The zero-order valence-corrected chi connectivity index (χ0v) is 7.46. The lowest BCUT2D eigenvalue weighted by atomic mass is 10.2. The largest absolute Gasteiger partial charge is 0.478 e. The molecule has 76 valence electrons. The molecule has 0 radical (unpaired) electrons. The van der Waals surface area contributed by atoms with Crippen LogP contribution in [0.2, 0.25) is 0 Å². The quantitative estimate of drug-likeness (QED) is 0.800. The second-order valence-electron chi connectivity index (χ2n) is 2.81. The Balaban J connectivity index is 2.48. The molecule has 5 nitrogen and oxygen atoms in total. The normalized spacial score (nSPS) is 10.2. The predicted molar refractivity (Wildman–Crippen MR) is 48.3 cm³/mol. The topological polar surface area (TPSA) is 68.0 Å². The van der Waals surface area contributed by atoms with E-state index in [1.165, 1.54) is 29.5 Å². The summed E-state index contributed by atoms with van der Waals surface area (Å²) in [6, 6.07) is 3.59. The van der Waals surface area contributed by atoms with Crippen molar-refractivity contribution < 1.29 is 14.3 Å². The van der Waals surface area contributed by atoms with E-state index in [9.17, 15) is 9.18 Å². The molecule has 0 atom stereocenters. The highest BCUT2D eigenvalue weighted by Gasteiger charge is 2.09. The minimum atomic E-state index is -1.17. The number of nitrogens with zero attached hydrogens (tertiary/aromatic N) is 3. The summed E-state index contributed by atoms with van der Waals surface area (Å²) in [5, 5.41) is 12.4. The van der Waals surface area contributed by atoms with Gasteiger partial charge in [0.2, 0.25) is 0 Å². The monoisotopic (exact) mass is 207 g/mol. The van der Waals surface area contributed by atoms with E-state index in [1.807, 2.05) is 0 Å². The van der Waals surface area contributed by atoms with Gasteiger partial charge < -0.3 is 5.11 Å². The van der Waals surface area contributed by atoms with Gasteiger partial charge in [0.25, 0.3) is 0 Å². The molecule has 2 aromatic rings. The van der Waals surface area contributed by atoms with Crippen LogP contribution in [0.3, 0.4) is 0 Å². The molecule has 0 fully saturated rings. The molecule has 0 unspecified atom stereocenters. The Bertz CT molecular complexity index is 496. The van der Waals surface area contributed by atoms with E-state index in [2.05, 4.69) is 10.1 Å². The van der Waals surface area contributed by atoms with Crippen molar-refractivity contribution in [1.82, 2.24) is 14.8 Å². The zero-order valence-electron chi connectivity index (χ0n) is 7.46. The van der Waals surface area contributed by atoms with Crippen molar-refractivity contribution in [2.24, 2.45) is 0 Å². The van der Waals surface area contributed by atoms with Gasteiger partial charge in [-0.15, -0.1) is 0 Å². The number of benzene rings is 1. The molecule has 0 amide bonds. The molecule has 0 saturated carbocycles. The van der Waals surface area contributed by atoms with Gasteiger partial charge in [-0.25, -0.2) is 18.9 Å². The average molecular weight is 207 g/mol. The summed E-state index contributed by atoms with van der Waals surface area (Å²) < 4.78 is 14.6. The fourth-order valence-corrected chi connectivity index (χ4v) is 1.16. The van der Waals surface area contributed by atoms with Gasteiger partial charge in [0.15, 0.2) is 0 Å². The Labute approximate surface area is 83.8 Å². The van der Waals surface area contributed by atoms with Crippen molar-refractivity contribution in [2.75, 3.05) is 0 Å². The van der Waals surface area contributed by atoms with Crippen molar-refractivity contribution in [3.05, 3.63) is 42.2 Å². The summed E-state index contributed by atoms with van der Waals surface area (Å²) in [4.78, 5) is 14.2. The van der Waals surface area contributed by atoms with Crippen LogP contribution in [0, 0.1) is 5.82 Å². The van der Waals surface area contributed by atoms with E-state index in [1.54, 1.807) is 0 Å². The number of carbonyl (C=O) groups is 1. The lowest BCUT2D eigenvalue weighted by molar-refractivity contribution is 0.0696. The van der Waals surface area contributed by atoms with E-state index in [4.69, 9.17) is 5.11 Å². The molecule has 0 aliphatic rings. The molecule has 1 aromatic carbocycles. The van der Waals surface area contributed by atoms with Gasteiger partial charge in [0.05, 0.1) is 5.56 Å². The maximum absolute atomic E-state index is 13.4. The Morgan fingerprint density at radius 1 is 1.47 bits per heavy atom. The maximum atomic E-state index is 13.4. The predicted octanol–water partition coefficient (Wildman–Crippen LogP) is 1.10. The molecular weight excluding hydrogens is 201 g/mol. The molecule has 1 N–H and O–H groups in total. The molecule has 0 spiro atoms. The molecule has 6 heteroatoms.